The predicted molar refractivity (Wildman–Crippen MR) is 94.5 cm³/mol. The first-order valence-electron chi connectivity index (χ1n) is 8.49. The molecule has 5 heteroatoms. The number of aliphatic hydroxyl groups excluding tert-OH is 1. The molecular formula is C19H25N3O2. The third-order valence-electron chi connectivity index (χ3n) is 4.51. The van der Waals surface area contributed by atoms with Crippen LogP contribution in [0.4, 0.5) is 0 Å². The Morgan fingerprint density at radius 1 is 1.12 bits per heavy atom. The first kappa shape index (κ1) is 16.7. The molecule has 1 aliphatic rings. The highest BCUT2D eigenvalue weighted by molar-refractivity contribution is 5.98. The Hall–Kier alpha value is -2.11. The van der Waals surface area contributed by atoms with Crippen LogP contribution in [0.3, 0.4) is 0 Å². The van der Waals surface area contributed by atoms with E-state index in [1.165, 1.54) is 0 Å². The molecule has 2 aromatic rings. The van der Waals surface area contributed by atoms with E-state index in [4.69, 9.17) is 0 Å². The quantitative estimate of drug-likeness (QED) is 0.933. The molecule has 1 amide bonds. The number of benzene rings is 1. The van der Waals surface area contributed by atoms with E-state index in [0.29, 0.717) is 19.6 Å². The average molecular weight is 327 g/mol. The smallest absolute Gasteiger partial charge is 0.256 e. The van der Waals surface area contributed by atoms with Crippen LogP contribution >= 0.6 is 0 Å². The fraction of sp³-hybridized carbons (Fsp3) is 0.421. The van der Waals surface area contributed by atoms with Gasteiger partial charge in [-0.25, -0.2) is 0 Å². The van der Waals surface area contributed by atoms with E-state index in [9.17, 15) is 9.90 Å². The molecule has 24 heavy (non-hydrogen) atoms. The monoisotopic (exact) mass is 327 g/mol. The van der Waals surface area contributed by atoms with E-state index >= 15 is 0 Å². The zero-order valence-corrected chi connectivity index (χ0v) is 14.4. The summed E-state index contributed by atoms with van der Waals surface area (Å²) in [5.41, 5.74) is 2.79. The Morgan fingerprint density at radius 2 is 1.79 bits per heavy atom. The lowest BCUT2D eigenvalue weighted by Gasteiger charge is -2.35. The summed E-state index contributed by atoms with van der Waals surface area (Å²) in [7, 11) is 0. The SMILES string of the molecule is Cc1cccc(C(=O)N2CCN(C[C@H](C)O)CC2)c1-n1cccc1. The van der Waals surface area contributed by atoms with E-state index in [1.807, 2.05) is 59.1 Å². The molecule has 0 bridgehead atoms. The van der Waals surface area contributed by atoms with Crippen molar-refractivity contribution in [3.05, 3.63) is 53.9 Å². The molecular weight excluding hydrogens is 302 g/mol. The number of rotatable bonds is 4. The van der Waals surface area contributed by atoms with Gasteiger partial charge in [0.2, 0.25) is 0 Å². The summed E-state index contributed by atoms with van der Waals surface area (Å²) in [5.74, 6) is 0.0825. The van der Waals surface area contributed by atoms with Gasteiger partial charge in [0.25, 0.3) is 5.91 Å². The molecule has 0 spiro atoms. The summed E-state index contributed by atoms with van der Waals surface area (Å²) in [6.45, 7) is 7.51. The van der Waals surface area contributed by atoms with E-state index in [0.717, 1.165) is 29.9 Å². The van der Waals surface area contributed by atoms with Crippen LogP contribution in [0.25, 0.3) is 5.69 Å². The molecule has 1 saturated heterocycles. The summed E-state index contributed by atoms with van der Waals surface area (Å²) >= 11 is 0. The molecule has 1 N–H and O–H groups in total. The van der Waals surface area contributed by atoms with E-state index in [2.05, 4.69) is 4.90 Å². The van der Waals surface area contributed by atoms with E-state index in [-0.39, 0.29) is 12.0 Å². The van der Waals surface area contributed by atoms with Crippen molar-refractivity contribution in [3.8, 4) is 5.69 Å². The van der Waals surface area contributed by atoms with Crippen molar-refractivity contribution in [2.24, 2.45) is 0 Å². The van der Waals surface area contributed by atoms with E-state index in [1.54, 1.807) is 6.92 Å². The lowest BCUT2D eigenvalue weighted by Crippen LogP contribution is -2.50. The van der Waals surface area contributed by atoms with E-state index < -0.39 is 0 Å². The van der Waals surface area contributed by atoms with Gasteiger partial charge in [0.15, 0.2) is 0 Å². The van der Waals surface area contributed by atoms with Crippen molar-refractivity contribution in [2.75, 3.05) is 32.7 Å². The van der Waals surface area contributed by atoms with Crippen molar-refractivity contribution in [3.63, 3.8) is 0 Å². The topological polar surface area (TPSA) is 48.7 Å². The first-order chi connectivity index (χ1) is 11.6. The molecule has 3 rings (SSSR count). The highest BCUT2D eigenvalue weighted by atomic mass is 16.3. The third-order valence-corrected chi connectivity index (χ3v) is 4.51. The predicted octanol–water partition coefficient (Wildman–Crippen LogP) is 1.92. The van der Waals surface area contributed by atoms with Crippen molar-refractivity contribution in [2.45, 2.75) is 20.0 Å². The van der Waals surface area contributed by atoms with Gasteiger partial charge in [0.05, 0.1) is 17.4 Å². The number of aryl methyl sites for hydroxylation is 1. The molecule has 1 aromatic carbocycles. The molecule has 1 fully saturated rings. The normalized spacial score (nSPS) is 17.0. The molecule has 1 aromatic heterocycles. The van der Waals surface area contributed by atoms with Gasteiger partial charge < -0.3 is 14.6 Å². The molecule has 0 unspecified atom stereocenters. The highest BCUT2D eigenvalue weighted by Gasteiger charge is 2.25. The van der Waals surface area contributed by atoms with Crippen LogP contribution in [0.5, 0.6) is 0 Å². The summed E-state index contributed by atoms with van der Waals surface area (Å²) in [6, 6.07) is 9.82. The Morgan fingerprint density at radius 3 is 2.42 bits per heavy atom. The van der Waals surface area contributed by atoms with Crippen LogP contribution in [-0.2, 0) is 0 Å². The number of hydrogen-bond donors (Lipinski definition) is 1. The number of carbonyl (C=O) groups is 1. The molecule has 0 saturated carbocycles. The van der Waals surface area contributed by atoms with Gasteiger partial charge in [-0.05, 0) is 37.6 Å². The average Bonchev–Trinajstić information content (AvgIpc) is 3.08. The zero-order chi connectivity index (χ0) is 17.1. The second-order valence-electron chi connectivity index (χ2n) is 6.50. The van der Waals surface area contributed by atoms with Crippen LogP contribution in [0.1, 0.15) is 22.8 Å². The Kier molecular flexibility index (Phi) is 5.02. The fourth-order valence-corrected chi connectivity index (χ4v) is 3.34. The maximum atomic E-state index is 13.0. The Balaban J connectivity index is 1.78. The number of aliphatic hydroxyl groups is 1. The molecule has 1 atom stereocenters. The number of amides is 1. The maximum Gasteiger partial charge on any atom is 0.256 e. The first-order valence-corrected chi connectivity index (χ1v) is 8.49. The zero-order valence-electron chi connectivity index (χ0n) is 14.4. The van der Waals surface area contributed by atoms with Gasteiger partial charge in [0.1, 0.15) is 0 Å². The standard InChI is InChI=1S/C19H25N3O2/c1-15-6-5-7-17(18(15)21-8-3-4-9-21)19(24)22-12-10-20(11-13-22)14-16(2)23/h3-9,16,23H,10-14H2,1-2H3/t16-/m0/s1. The van der Waals surface area contributed by atoms with Crippen LogP contribution in [0.15, 0.2) is 42.7 Å². The maximum absolute atomic E-state index is 13.0. The summed E-state index contributed by atoms with van der Waals surface area (Å²) in [5, 5.41) is 9.51. The minimum absolute atomic E-state index is 0.0825. The Labute approximate surface area is 143 Å². The second kappa shape index (κ2) is 7.20. The van der Waals surface area contributed by atoms with Gasteiger partial charge in [-0.1, -0.05) is 12.1 Å². The number of piperazine rings is 1. The molecule has 0 aliphatic carbocycles. The third kappa shape index (κ3) is 3.52. The molecule has 0 radical (unpaired) electrons. The number of nitrogens with zero attached hydrogens (tertiary/aromatic N) is 3. The van der Waals surface area contributed by atoms with Crippen molar-refractivity contribution < 1.29 is 9.90 Å². The molecule has 1 aliphatic heterocycles. The number of β-amino-alcohol motifs (C(OH)–C–C–N with tert-alkyl or cyclic N) is 1. The van der Waals surface area contributed by atoms with Crippen molar-refractivity contribution in [1.82, 2.24) is 14.4 Å². The highest BCUT2D eigenvalue weighted by Crippen LogP contribution is 2.22. The van der Waals surface area contributed by atoms with Crippen molar-refractivity contribution >= 4 is 5.91 Å². The Bertz CT molecular complexity index is 687. The lowest BCUT2D eigenvalue weighted by atomic mass is 10.1. The van der Waals surface area contributed by atoms with Gasteiger partial charge in [-0.2, -0.15) is 0 Å². The van der Waals surface area contributed by atoms with Gasteiger partial charge in [0, 0.05) is 45.1 Å². The summed E-state index contributed by atoms with van der Waals surface area (Å²) < 4.78 is 2.01. The minimum atomic E-state index is -0.329. The number of aromatic nitrogens is 1. The summed E-state index contributed by atoms with van der Waals surface area (Å²) in [6.07, 6.45) is 3.61. The number of hydrogen-bond acceptors (Lipinski definition) is 3. The second-order valence-corrected chi connectivity index (χ2v) is 6.50. The van der Waals surface area contributed by atoms with Gasteiger partial charge in [-0.3, -0.25) is 9.69 Å². The molecule has 2 heterocycles. The summed E-state index contributed by atoms with van der Waals surface area (Å²) in [4.78, 5) is 17.2. The van der Waals surface area contributed by atoms with Crippen LogP contribution < -0.4 is 0 Å². The number of para-hydroxylation sites is 1. The number of carbonyl (C=O) groups excluding carboxylic acids is 1. The largest absolute Gasteiger partial charge is 0.392 e. The molecule has 128 valence electrons. The minimum Gasteiger partial charge on any atom is -0.392 e. The van der Waals surface area contributed by atoms with Gasteiger partial charge in [-0.15, -0.1) is 0 Å². The fourth-order valence-electron chi connectivity index (χ4n) is 3.34. The van der Waals surface area contributed by atoms with Crippen LogP contribution in [-0.4, -0.2) is 64.2 Å². The van der Waals surface area contributed by atoms with Crippen LogP contribution in [0, 0.1) is 6.92 Å². The van der Waals surface area contributed by atoms with Crippen LogP contribution in [0.2, 0.25) is 0 Å². The molecule has 5 nitrogen and oxygen atoms in total. The van der Waals surface area contributed by atoms with Gasteiger partial charge >= 0.3 is 0 Å². The lowest BCUT2D eigenvalue weighted by molar-refractivity contribution is 0.0554. The van der Waals surface area contributed by atoms with Crippen molar-refractivity contribution in [1.29, 1.82) is 0 Å².